The lowest BCUT2D eigenvalue weighted by Crippen LogP contribution is -2.24. The molecule has 2 rings (SSSR count). The molecule has 0 atom stereocenters. The average molecular weight is 342 g/mol. The molecule has 0 saturated carbocycles. The number of thiazole rings is 1. The molecule has 0 aliphatic rings. The lowest BCUT2D eigenvalue weighted by Gasteiger charge is -2.14. The maximum Gasteiger partial charge on any atom is 0.244 e. The van der Waals surface area contributed by atoms with Gasteiger partial charge in [0.05, 0.1) is 23.6 Å². The summed E-state index contributed by atoms with van der Waals surface area (Å²) in [4.78, 5) is 4.75. The van der Waals surface area contributed by atoms with Crippen LogP contribution in [-0.2, 0) is 29.0 Å². The predicted octanol–water partition coefficient (Wildman–Crippen LogP) is 2.27. The molecule has 0 aliphatic carbocycles. The van der Waals surface area contributed by atoms with Gasteiger partial charge >= 0.3 is 0 Å². The van der Waals surface area contributed by atoms with Crippen molar-refractivity contribution in [3.63, 3.8) is 0 Å². The zero-order valence-electron chi connectivity index (χ0n) is 13.8. The summed E-state index contributed by atoms with van der Waals surface area (Å²) in [5, 5.41) is 6.89. The Bertz CT molecular complexity index is 782. The van der Waals surface area contributed by atoms with Crippen LogP contribution in [0.3, 0.4) is 0 Å². The smallest absolute Gasteiger partial charge is 0.244 e. The first-order valence-electron chi connectivity index (χ1n) is 6.97. The van der Waals surface area contributed by atoms with Gasteiger partial charge in [-0.15, -0.1) is 11.3 Å². The van der Waals surface area contributed by atoms with Gasteiger partial charge in [0.2, 0.25) is 10.0 Å². The molecular weight excluding hydrogens is 320 g/mol. The Labute approximate surface area is 135 Å². The molecule has 2 aromatic heterocycles. The number of aryl methyl sites for hydroxylation is 2. The van der Waals surface area contributed by atoms with Crippen LogP contribution in [0.2, 0.25) is 0 Å². The Morgan fingerprint density at radius 2 is 1.95 bits per heavy atom. The molecule has 0 bridgehead atoms. The van der Waals surface area contributed by atoms with Crippen molar-refractivity contribution in [1.29, 1.82) is 0 Å². The Morgan fingerprint density at radius 3 is 2.41 bits per heavy atom. The van der Waals surface area contributed by atoms with Gasteiger partial charge in [-0.2, -0.15) is 5.10 Å². The van der Waals surface area contributed by atoms with E-state index in [1.807, 2.05) is 5.38 Å². The third kappa shape index (κ3) is 3.39. The van der Waals surface area contributed by atoms with E-state index >= 15 is 0 Å². The number of nitrogens with one attached hydrogen (secondary N) is 1. The minimum absolute atomic E-state index is 0.0375. The van der Waals surface area contributed by atoms with Gasteiger partial charge in [-0.3, -0.25) is 4.68 Å². The van der Waals surface area contributed by atoms with E-state index in [1.54, 1.807) is 25.6 Å². The van der Waals surface area contributed by atoms with Crippen molar-refractivity contribution in [3.8, 4) is 0 Å². The minimum Gasteiger partial charge on any atom is -0.271 e. The van der Waals surface area contributed by atoms with Crippen LogP contribution in [0.4, 0.5) is 0 Å². The molecule has 0 spiro atoms. The van der Waals surface area contributed by atoms with Crippen molar-refractivity contribution in [2.45, 2.75) is 51.5 Å². The molecule has 0 radical (unpaired) electrons. The number of hydrogen-bond donors (Lipinski definition) is 1. The molecule has 0 unspecified atom stereocenters. The van der Waals surface area contributed by atoms with Crippen molar-refractivity contribution in [2.24, 2.45) is 7.05 Å². The molecular formula is C14H22N4O2S2. The Hall–Kier alpha value is -1.25. The molecule has 6 nitrogen and oxygen atoms in total. The summed E-state index contributed by atoms with van der Waals surface area (Å²) in [5.74, 6) is 0. The van der Waals surface area contributed by atoms with Gasteiger partial charge in [0.25, 0.3) is 0 Å². The Kier molecular flexibility index (Phi) is 4.47. The molecule has 2 aromatic rings. The summed E-state index contributed by atoms with van der Waals surface area (Å²) in [6, 6.07) is 0. The molecule has 0 amide bonds. The van der Waals surface area contributed by atoms with Crippen LogP contribution in [-0.4, -0.2) is 23.2 Å². The third-order valence-electron chi connectivity index (χ3n) is 3.44. The van der Waals surface area contributed by atoms with Crippen LogP contribution in [0.5, 0.6) is 0 Å². The molecule has 0 aromatic carbocycles. The summed E-state index contributed by atoms with van der Waals surface area (Å²) < 4.78 is 29.1. The summed E-state index contributed by atoms with van der Waals surface area (Å²) >= 11 is 1.47. The van der Waals surface area contributed by atoms with Crippen LogP contribution >= 0.6 is 11.3 Å². The van der Waals surface area contributed by atoms with Gasteiger partial charge in [0.15, 0.2) is 0 Å². The van der Waals surface area contributed by atoms with E-state index in [1.165, 1.54) is 11.3 Å². The fourth-order valence-corrected chi connectivity index (χ4v) is 4.58. The number of rotatable bonds is 4. The predicted molar refractivity (Wildman–Crippen MR) is 87.5 cm³/mol. The highest BCUT2D eigenvalue weighted by Crippen LogP contribution is 2.24. The van der Waals surface area contributed by atoms with Crippen LogP contribution in [0.15, 0.2) is 10.3 Å². The fraction of sp³-hybridized carbons (Fsp3) is 0.571. The molecule has 0 saturated heterocycles. The normalized spacial score (nSPS) is 12.8. The average Bonchev–Trinajstić information content (AvgIpc) is 2.93. The summed E-state index contributed by atoms with van der Waals surface area (Å²) in [6.45, 7) is 9.88. The largest absolute Gasteiger partial charge is 0.271 e. The molecule has 22 heavy (non-hydrogen) atoms. The maximum absolute atomic E-state index is 12.5. The molecule has 0 fully saturated rings. The number of nitrogens with zero attached hydrogens (tertiary/aromatic N) is 3. The fourth-order valence-electron chi connectivity index (χ4n) is 2.11. The Morgan fingerprint density at radius 1 is 1.32 bits per heavy atom. The molecule has 1 N–H and O–H groups in total. The number of aromatic nitrogens is 3. The molecule has 8 heteroatoms. The quantitative estimate of drug-likeness (QED) is 0.925. The van der Waals surface area contributed by atoms with Gasteiger partial charge in [-0.1, -0.05) is 20.8 Å². The maximum atomic E-state index is 12.5. The van der Waals surface area contributed by atoms with E-state index in [0.29, 0.717) is 11.4 Å². The van der Waals surface area contributed by atoms with E-state index in [-0.39, 0.29) is 16.9 Å². The molecule has 2 heterocycles. The standard InChI is InChI=1S/C14H22N4O2S2/c1-9-13(10(2)18(6)17-9)22(19,20)15-7-12-16-11(8-21-12)14(3,4)5/h8,15H,7H2,1-6H3. The van der Waals surface area contributed by atoms with Crippen molar-refractivity contribution in [2.75, 3.05) is 0 Å². The number of hydrogen-bond acceptors (Lipinski definition) is 5. The third-order valence-corrected chi connectivity index (χ3v) is 5.95. The van der Waals surface area contributed by atoms with Crippen LogP contribution in [0, 0.1) is 13.8 Å². The Balaban J connectivity index is 2.18. The van der Waals surface area contributed by atoms with Crippen molar-refractivity contribution in [3.05, 3.63) is 27.5 Å². The van der Waals surface area contributed by atoms with E-state index in [4.69, 9.17) is 0 Å². The summed E-state index contributed by atoms with van der Waals surface area (Å²) in [6.07, 6.45) is 0. The van der Waals surface area contributed by atoms with E-state index in [2.05, 4.69) is 35.6 Å². The lowest BCUT2D eigenvalue weighted by molar-refractivity contribution is 0.568. The summed E-state index contributed by atoms with van der Waals surface area (Å²) in [7, 11) is -1.86. The van der Waals surface area contributed by atoms with Gasteiger partial charge in [0, 0.05) is 17.8 Å². The van der Waals surface area contributed by atoms with Gasteiger partial charge in [-0.05, 0) is 13.8 Å². The van der Waals surface area contributed by atoms with E-state index in [0.717, 1.165) is 10.7 Å². The monoisotopic (exact) mass is 342 g/mol. The SMILES string of the molecule is Cc1nn(C)c(C)c1S(=O)(=O)NCc1nc(C(C)(C)C)cs1. The lowest BCUT2D eigenvalue weighted by atomic mass is 9.93. The minimum atomic E-state index is -3.59. The summed E-state index contributed by atoms with van der Waals surface area (Å²) in [5.41, 5.74) is 2.06. The second kappa shape index (κ2) is 5.75. The van der Waals surface area contributed by atoms with Gasteiger partial charge in [-0.25, -0.2) is 18.1 Å². The second-order valence-corrected chi connectivity index (χ2v) is 8.97. The zero-order chi connectivity index (χ0) is 16.7. The van der Waals surface area contributed by atoms with E-state index < -0.39 is 10.0 Å². The van der Waals surface area contributed by atoms with Crippen LogP contribution in [0.25, 0.3) is 0 Å². The zero-order valence-corrected chi connectivity index (χ0v) is 15.4. The van der Waals surface area contributed by atoms with E-state index in [9.17, 15) is 8.42 Å². The van der Waals surface area contributed by atoms with Crippen LogP contribution < -0.4 is 4.72 Å². The highest BCUT2D eigenvalue weighted by Gasteiger charge is 2.24. The number of sulfonamides is 1. The first kappa shape index (κ1) is 17.1. The van der Waals surface area contributed by atoms with Crippen molar-refractivity contribution >= 4 is 21.4 Å². The molecule has 122 valence electrons. The van der Waals surface area contributed by atoms with Crippen molar-refractivity contribution in [1.82, 2.24) is 19.5 Å². The highest BCUT2D eigenvalue weighted by atomic mass is 32.2. The first-order chi connectivity index (χ1) is 10.0. The molecule has 0 aliphatic heterocycles. The van der Waals surface area contributed by atoms with Crippen molar-refractivity contribution < 1.29 is 8.42 Å². The topological polar surface area (TPSA) is 76.9 Å². The second-order valence-electron chi connectivity index (χ2n) is 6.32. The first-order valence-corrected chi connectivity index (χ1v) is 9.33. The van der Waals surface area contributed by atoms with Gasteiger partial charge < -0.3 is 0 Å². The highest BCUT2D eigenvalue weighted by molar-refractivity contribution is 7.89. The van der Waals surface area contributed by atoms with Gasteiger partial charge in [0.1, 0.15) is 9.90 Å². The van der Waals surface area contributed by atoms with Crippen LogP contribution in [0.1, 0.15) is 42.9 Å².